The van der Waals surface area contributed by atoms with Gasteiger partial charge in [0.1, 0.15) is 0 Å². The van der Waals surface area contributed by atoms with Gasteiger partial charge >= 0.3 is 0 Å². The standard InChI is InChI=1S/C6H11O2S/c1-9(7,8)6-4-2-3-5-6/h6H,1-5H2. The fourth-order valence-corrected chi connectivity index (χ4v) is 2.30. The molecule has 1 radical (unpaired) electrons. The van der Waals surface area contributed by atoms with Crippen LogP contribution in [0.15, 0.2) is 0 Å². The molecule has 0 amide bonds. The zero-order chi connectivity index (χ0) is 6.91. The molecule has 0 aromatic rings. The van der Waals surface area contributed by atoms with Crippen molar-refractivity contribution in [2.45, 2.75) is 30.9 Å². The molecule has 3 heteroatoms. The normalized spacial score (nSPS) is 22.8. The van der Waals surface area contributed by atoms with Crippen LogP contribution in [0.5, 0.6) is 0 Å². The first kappa shape index (κ1) is 7.06. The van der Waals surface area contributed by atoms with Gasteiger partial charge in [0, 0.05) is 0 Å². The average molecular weight is 147 g/mol. The highest BCUT2D eigenvalue weighted by atomic mass is 32.2. The molecule has 0 saturated heterocycles. The van der Waals surface area contributed by atoms with Gasteiger partial charge in [-0.2, -0.15) is 0 Å². The molecule has 0 atom stereocenters. The summed E-state index contributed by atoms with van der Waals surface area (Å²) in [5, 5.41) is -0.127. The molecule has 0 bridgehead atoms. The molecule has 1 fully saturated rings. The maximum Gasteiger partial charge on any atom is 0.154 e. The Bertz CT molecular complexity index is 175. The third-order valence-electron chi connectivity index (χ3n) is 1.81. The van der Waals surface area contributed by atoms with E-state index in [0.717, 1.165) is 25.7 Å². The summed E-state index contributed by atoms with van der Waals surface area (Å²) in [6.45, 7) is 0. The van der Waals surface area contributed by atoms with Crippen LogP contribution in [0.1, 0.15) is 25.7 Å². The molecule has 0 aromatic carbocycles. The first-order valence-corrected chi connectivity index (χ1v) is 4.89. The van der Waals surface area contributed by atoms with Crippen molar-refractivity contribution < 1.29 is 8.42 Å². The van der Waals surface area contributed by atoms with Crippen LogP contribution in [0.3, 0.4) is 0 Å². The van der Waals surface area contributed by atoms with Gasteiger partial charge in [-0.15, -0.1) is 0 Å². The largest absolute Gasteiger partial charge is 0.229 e. The summed E-state index contributed by atoms with van der Waals surface area (Å²) >= 11 is 0. The van der Waals surface area contributed by atoms with Gasteiger partial charge in [0.05, 0.1) is 11.5 Å². The fourth-order valence-electron chi connectivity index (χ4n) is 1.25. The van der Waals surface area contributed by atoms with Crippen molar-refractivity contribution in [3.8, 4) is 0 Å². The molecule has 0 heterocycles. The van der Waals surface area contributed by atoms with Crippen LogP contribution in [0.2, 0.25) is 0 Å². The molecular weight excluding hydrogens is 136 g/mol. The molecule has 1 aliphatic carbocycles. The molecule has 0 spiro atoms. The van der Waals surface area contributed by atoms with Crippen molar-refractivity contribution in [1.29, 1.82) is 0 Å². The molecule has 1 aliphatic rings. The van der Waals surface area contributed by atoms with Crippen molar-refractivity contribution in [1.82, 2.24) is 0 Å². The van der Waals surface area contributed by atoms with E-state index in [2.05, 4.69) is 6.26 Å². The predicted octanol–water partition coefficient (Wildman–Crippen LogP) is 1.14. The summed E-state index contributed by atoms with van der Waals surface area (Å²) in [5.41, 5.74) is 0. The summed E-state index contributed by atoms with van der Waals surface area (Å²) in [7, 11) is -2.95. The quantitative estimate of drug-likeness (QED) is 0.557. The second-order valence-electron chi connectivity index (χ2n) is 2.57. The summed E-state index contributed by atoms with van der Waals surface area (Å²) < 4.78 is 21.4. The Morgan fingerprint density at radius 2 is 1.67 bits per heavy atom. The molecule has 0 N–H and O–H groups in total. The number of sulfone groups is 1. The molecule has 0 aliphatic heterocycles. The third-order valence-corrected chi connectivity index (χ3v) is 3.30. The number of hydrogen-bond donors (Lipinski definition) is 0. The van der Waals surface area contributed by atoms with Gasteiger partial charge in [-0.05, 0) is 12.8 Å². The SMILES string of the molecule is [CH2]S(=O)(=O)C1CCCC1. The third kappa shape index (κ3) is 1.68. The van der Waals surface area contributed by atoms with Gasteiger partial charge in [0.15, 0.2) is 9.84 Å². The smallest absolute Gasteiger partial charge is 0.154 e. The minimum Gasteiger partial charge on any atom is -0.229 e. The highest BCUT2D eigenvalue weighted by Gasteiger charge is 2.24. The van der Waals surface area contributed by atoms with Crippen LogP contribution in [0.25, 0.3) is 0 Å². The molecule has 53 valence electrons. The van der Waals surface area contributed by atoms with Crippen molar-refractivity contribution in [2.75, 3.05) is 0 Å². The van der Waals surface area contributed by atoms with Crippen LogP contribution in [0, 0.1) is 6.26 Å². The lowest BCUT2D eigenvalue weighted by Gasteiger charge is -2.02. The van der Waals surface area contributed by atoms with Crippen LogP contribution in [0.4, 0.5) is 0 Å². The highest BCUT2D eigenvalue weighted by Crippen LogP contribution is 2.24. The lowest BCUT2D eigenvalue weighted by atomic mass is 10.4. The second-order valence-corrected chi connectivity index (χ2v) is 4.56. The molecule has 0 unspecified atom stereocenters. The molecule has 2 nitrogen and oxygen atoms in total. The van der Waals surface area contributed by atoms with E-state index in [4.69, 9.17) is 0 Å². The lowest BCUT2D eigenvalue weighted by Crippen LogP contribution is -2.12. The first-order valence-electron chi connectivity index (χ1n) is 3.17. The maximum absolute atomic E-state index is 10.7. The Morgan fingerprint density at radius 3 is 1.89 bits per heavy atom. The number of rotatable bonds is 1. The molecule has 9 heavy (non-hydrogen) atoms. The first-order chi connectivity index (χ1) is 4.11. The minimum atomic E-state index is -2.95. The highest BCUT2D eigenvalue weighted by molar-refractivity contribution is 7.93. The van der Waals surface area contributed by atoms with Gasteiger partial charge in [-0.1, -0.05) is 12.8 Å². The fraction of sp³-hybridized carbons (Fsp3) is 0.833. The number of hydrogen-bond acceptors (Lipinski definition) is 2. The average Bonchev–Trinajstić information content (AvgIpc) is 2.08. The second kappa shape index (κ2) is 2.29. The summed E-state index contributed by atoms with van der Waals surface area (Å²) in [6, 6.07) is 0. The summed E-state index contributed by atoms with van der Waals surface area (Å²) in [5.74, 6) is 0. The van der Waals surface area contributed by atoms with Gasteiger partial charge in [-0.3, -0.25) is 0 Å². The van der Waals surface area contributed by atoms with Crippen molar-refractivity contribution >= 4 is 9.84 Å². The van der Waals surface area contributed by atoms with Crippen molar-refractivity contribution in [2.24, 2.45) is 0 Å². The van der Waals surface area contributed by atoms with Crippen LogP contribution in [-0.4, -0.2) is 13.7 Å². The lowest BCUT2D eigenvalue weighted by molar-refractivity contribution is 0.588. The monoisotopic (exact) mass is 147 g/mol. The van der Waals surface area contributed by atoms with Crippen molar-refractivity contribution in [3.63, 3.8) is 0 Å². The summed E-state index contributed by atoms with van der Waals surface area (Å²) in [6.07, 6.45) is 6.89. The maximum atomic E-state index is 10.7. The van der Waals surface area contributed by atoms with Gasteiger partial charge in [0.2, 0.25) is 0 Å². The van der Waals surface area contributed by atoms with Gasteiger partial charge in [-0.25, -0.2) is 8.42 Å². The van der Waals surface area contributed by atoms with E-state index in [1.807, 2.05) is 0 Å². The Labute approximate surface area is 56.2 Å². The van der Waals surface area contributed by atoms with Crippen LogP contribution in [-0.2, 0) is 9.84 Å². The predicted molar refractivity (Wildman–Crippen MR) is 36.5 cm³/mol. The van der Waals surface area contributed by atoms with E-state index in [1.165, 1.54) is 0 Å². The molecular formula is C6H11O2S. The Hall–Kier alpha value is -0.0500. The van der Waals surface area contributed by atoms with Crippen LogP contribution < -0.4 is 0 Å². The zero-order valence-corrected chi connectivity index (χ0v) is 6.15. The van der Waals surface area contributed by atoms with E-state index in [9.17, 15) is 8.42 Å². The molecule has 0 aromatic heterocycles. The topological polar surface area (TPSA) is 34.1 Å². The van der Waals surface area contributed by atoms with E-state index in [0.29, 0.717) is 0 Å². The Morgan fingerprint density at radius 1 is 1.22 bits per heavy atom. The van der Waals surface area contributed by atoms with E-state index < -0.39 is 9.84 Å². The van der Waals surface area contributed by atoms with Crippen molar-refractivity contribution in [3.05, 3.63) is 6.26 Å². The molecule has 1 saturated carbocycles. The van der Waals surface area contributed by atoms with E-state index >= 15 is 0 Å². The zero-order valence-electron chi connectivity index (χ0n) is 5.34. The summed E-state index contributed by atoms with van der Waals surface area (Å²) in [4.78, 5) is 0. The minimum absolute atomic E-state index is 0.127. The van der Waals surface area contributed by atoms with E-state index in [1.54, 1.807) is 0 Å². The Kier molecular flexibility index (Phi) is 1.80. The Balaban J connectivity index is 2.63. The van der Waals surface area contributed by atoms with E-state index in [-0.39, 0.29) is 5.25 Å². The van der Waals surface area contributed by atoms with Gasteiger partial charge in [0.25, 0.3) is 0 Å². The molecule has 1 rings (SSSR count). The van der Waals surface area contributed by atoms with Gasteiger partial charge < -0.3 is 0 Å². The van der Waals surface area contributed by atoms with Crippen LogP contribution >= 0.6 is 0 Å².